The van der Waals surface area contributed by atoms with Crippen LogP contribution < -0.4 is 5.73 Å². The molecule has 1 aliphatic rings. The third-order valence-corrected chi connectivity index (χ3v) is 3.89. The minimum Gasteiger partial charge on any atom is -0.466 e. The first kappa shape index (κ1) is 13.3. The summed E-state index contributed by atoms with van der Waals surface area (Å²) in [5.41, 5.74) is 5.61. The Bertz CT molecular complexity index is 408. The lowest BCUT2D eigenvalue weighted by Gasteiger charge is -2.30. The molecule has 5 nitrogen and oxygen atoms in total. The monoisotopic (exact) mass is 269 g/mol. The molecule has 6 heteroatoms. The number of aromatic nitrogens is 1. The second-order valence-electron chi connectivity index (χ2n) is 4.49. The Morgan fingerprint density at radius 1 is 1.72 bits per heavy atom. The van der Waals surface area contributed by atoms with Crippen LogP contribution in [0, 0.1) is 5.92 Å². The van der Waals surface area contributed by atoms with E-state index in [-0.39, 0.29) is 11.9 Å². The maximum absolute atomic E-state index is 11.7. The zero-order chi connectivity index (χ0) is 13.0. The van der Waals surface area contributed by atoms with E-state index in [4.69, 9.17) is 10.5 Å². The van der Waals surface area contributed by atoms with Crippen LogP contribution in [0.4, 0.5) is 5.13 Å². The lowest BCUT2D eigenvalue weighted by Crippen LogP contribution is -2.38. The summed E-state index contributed by atoms with van der Waals surface area (Å²) in [6.45, 7) is 4.93. The van der Waals surface area contributed by atoms with Gasteiger partial charge in [0.1, 0.15) is 0 Å². The molecule has 2 N–H and O–H groups in total. The zero-order valence-corrected chi connectivity index (χ0v) is 11.4. The Hall–Kier alpha value is -1.14. The summed E-state index contributed by atoms with van der Waals surface area (Å²) in [6, 6.07) is 0. The van der Waals surface area contributed by atoms with Gasteiger partial charge < -0.3 is 10.5 Å². The molecule has 1 atom stereocenters. The molecule has 1 aromatic rings. The maximum Gasteiger partial charge on any atom is 0.310 e. The number of nitrogens with two attached hydrogens (primary N) is 1. The van der Waals surface area contributed by atoms with E-state index < -0.39 is 0 Å². The summed E-state index contributed by atoms with van der Waals surface area (Å²) in [5, 5.41) is 0.601. The molecule has 0 bridgehead atoms. The van der Waals surface area contributed by atoms with Crippen LogP contribution in [0.1, 0.15) is 24.6 Å². The fourth-order valence-electron chi connectivity index (χ4n) is 2.27. The van der Waals surface area contributed by atoms with Crippen molar-refractivity contribution in [3.05, 3.63) is 11.1 Å². The van der Waals surface area contributed by atoms with Crippen LogP contribution in [-0.2, 0) is 16.1 Å². The molecule has 2 rings (SSSR count). The van der Waals surface area contributed by atoms with Crippen LogP contribution in [-0.4, -0.2) is 35.5 Å². The Morgan fingerprint density at radius 3 is 3.22 bits per heavy atom. The molecular formula is C12H19N3O2S. The summed E-state index contributed by atoms with van der Waals surface area (Å²) >= 11 is 1.51. The first-order valence-corrected chi connectivity index (χ1v) is 7.10. The number of esters is 1. The standard InChI is InChI=1S/C12H19N3O2S/c1-2-17-11(16)9-4-3-5-15(7-9)8-10-6-14-12(13)18-10/h6,9H,2-5,7-8H2,1H3,(H2,13,14). The van der Waals surface area contributed by atoms with Crippen molar-refractivity contribution in [2.45, 2.75) is 26.3 Å². The van der Waals surface area contributed by atoms with Crippen molar-refractivity contribution in [1.29, 1.82) is 0 Å². The number of thiazole rings is 1. The van der Waals surface area contributed by atoms with Crippen molar-refractivity contribution < 1.29 is 9.53 Å². The summed E-state index contributed by atoms with van der Waals surface area (Å²) < 4.78 is 5.09. The molecule has 1 unspecified atom stereocenters. The second kappa shape index (κ2) is 6.15. The number of likely N-dealkylation sites (tertiary alicyclic amines) is 1. The topological polar surface area (TPSA) is 68.5 Å². The first-order chi connectivity index (χ1) is 8.69. The van der Waals surface area contributed by atoms with E-state index in [0.29, 0.717) is 11.7 Å². The first-order valence-electron chi connectivity index (χ1n) is 6.28. The van der Waals surface area contributed by atoms with Gasteiger partial charge in [-0.05, 0) is 26.3 Å². The molecule has 0 radical (unpaired) electrons. The van der Waals surface area contributed by atoms with Crippen LogP contribution in [0.2, 0.25) is 0 Å². The van der Waals surface area contributed by atoms with Gasteiger partial charge in [0.2, 0.25) is 0 Å². The smallest absolute Gasteiger partial charge is 0.310 e. The van der Waals surface area contributed by atoms with Gasteiger partial charge in [-0.3, -0.25) is 9.69 Å². The predicted molar refractivity (Wildman–Crippen MR) is 71.2 cm³/mol. The van der Waals surface area contributed by atoms with Crippen molar-refractivity contribution >= 4 is 22.4 Å². The van der Waals surface area contributed by atoms with E-state index in [1.807, 2.05) is 13.1 Å². The fraction of sp³-hybridized carbons (Fsp3) is 0.667. The Kier molecular flexibility index (Phi) is 4.54. The Balaban J connectivity index is 1.88. The average Bonchev–Trinajstić information content (AvgIpc) is 2.75. The highest BCUT2D eigenvalue weighted by Gasteiger charge is 2.26. The van der Waals surface area contributed by atoms with Crippen LogP contribution in [0.3, 0.4) is 0 Å². The van der Waals surface area contributed by atoms with Crippen molar-refractivity contribution in [2.75, 3.05) is 25.4 Å². The number of carbonyl (C=O) groups excluding carboxylic acids is 1. The number of hydrogen-bond acceptors (Lipinski definition) is 6. The predicted octanol–water partition coefficient (Wildman–Crippen LogP) is 1.50. The Labute approximate surface area is 111 Å². The molecule has 18 heavy (non-hydrogen) atoms. The highest BCUT2D eigenvalue weighted by Crippen LogP contribution is 2.22. The number of ether oxygens (including phenoxy) is 1. The molecule has 0 aliphatic carbocycles. The minimum atomic E-state index is -0.0639. The number of piperidine rings is 1. The maximum atomic E-state index is 11.7. The van der Waals surface area contributed by atoms with Crippen molar-refractivity contribution in [1.82, 2.24) is 9.88 Å². The van der Waals surface area contributed by atoms with Crippen molar-refractivity contribution in [2.24, 2.45) is 5.92 Å². The molecule has 0 spiro atoms. The number of rotatable bonds is 4. The van der Waals surface area contributed by atoms with E-state index in [0.717, 1.165) is 37.4 Å². The third kappa shape index (κ3) is 3.43. The van der Waals surface area contributed by atoms with Gasteiger partial charge in [0, 0.05) is 24.2 Å². The quantitative estimate of drug-likeness (QED) is 0.839. The van der Waals surface area contributed by atoms with Crippen LogP contribution in [0.15, 0.2) is 6.20 Å². The number of nitrogens with zero attached hydrogens (tertiary/aromatic N) is 2. The van der Waals surface area contributed by atoms with E-state index in [9.17, 15) is 4.79 Å². The van der Waals surface area contributed by atoms with E-state index in [1.54, 1.807) is 0 Å². The highest BCUT2D eigenvalue weighted by molar-refractivity contribution is 7.15. The van der Waals surface area contributed by atoms with Crippen molar-refractivity contribution in [3.8, 4) is 0 Å². The molecule has 1 saturated heterocycles. The number of hydrogen-bond donors (Lipinski definition) is 1. The molecule has 1 aliphatic heterocycles. The molecular weight excluding hydrogens is 250 g/mol. The lowest BCUT2D eigenvalue weighted by molar-refractivity contribution is -0.150. The van der Waals surface area contributed by atoms with Crippen LogP contribution in [0.5, 0.6) is 0 Å². The van der Waals surface area contributed by atoms with Gasteiger partial charge in [-0.1, -0.05) is 0 Å². The number of anilines is 1. The normalized spacial score (nSPS) is 20.8. The summed E-state index contributed by atoms with van der Waals surface area (Å²) in [7, 11) is 0. The van der Waals surface area contributed by atoms with E-state index >= 15 is 0 Å². The molecule has 1 fully saturated rings. The summed E-state index contributed by atoms with van der Waals surface area (Å²) in [4.78, 5) is 19.2. The Morgan fingerprint density at radius 2 is 2.56 bits per heavy atom. The zero-order valence-electron chi connectivity index (χ0n) is 10.6. The molecule has 2 heterocycles. The van der Waals surface area contributed by atoms with Crippen LogP contribution >= 0.6 is 11.3 Å². The van der Waals surface area contributed by atoms with Gasteiger partial charge in [0.05, 0.1) is 12.5 Å². The van der Waals surface area contributed by atoms with Gasteiger partial charge in [-0.2, -0.15) is 0 Å². The van der Waals surface area contributed by atoms with Crippen LogP contribution in [0.25, 0.3) is 0 Å². The lowest BCUT2D eigenvalue weighted by atomic mass is 9.98. The fourth-order valence-corrected chi connectivity index (χ4v) is 2.99. The SMILES string of the molecule is CCOC(=O)C1CCCN(Cc2cnc(N)s2)C1. The molecule has 0 aromatic carbocycles. The molecule has 0 amide bonds. The van der Waals surface area contributed by atoms with Gasteiger partial charge >= 0.3 is 5.97 Å². The minimum absolute atomic E-state index is 0.0176. The van der Waals surface area contributed by atoms with E-state index in [1.165, 1.54) is 11.3 Å². The van der Waals surface area contributed by atoms with E-state index in [2.05, 4.69) is 9.88 Å². The average molecular weight is 269 g/mol. The number of carbonyl (C=O) groups is 1. The highest BCUT2D eigenvalue weighted by atomic mass is 32.1. The van der Waals surface area contributed by atoms with Gasteiger partial charge in [-0.15, -0.1) is 11.3 Å². The van der Waals surface area contributed by atoms with Crippen molar-refractivity contribution in [3.63, 3.8) is 0 Å². The molecule has 0 saturated carbocycles. The largest absolute Gasteiger partial charge is 0.466 e. The molecule has 100 valence electrons. The third-order valence-electron chi connectivity index (χ3n) is 3.08. The number of nitrogen functional groups attached to an aromatic ring is 1. The van der Waals surface area contributed by atoms with Gasteiger partial charge in [-0.25, -0.2) is 4.98 Å². The van der Waals surface area contributed by atoms with Gasteiger partial charge in [0.15, 0.2) is 5.13 Å². The molecule has 1 aromatic heterocycles. The van der Waals surface area contributed by atoms with Gasteiger partial charge in [0.25, 0.3) is 0 Å². The second-order valence-corrected chi connectivity index (χ2v) is 5.64. The summed E-state index contributed by atoms with van der Waals surface area (Å²) in [6.07, 6.45) is 3.78. The summed E-state index contributed by atoms with van der Waals surface area (Å²) in [5.74, 6) is -0.0463.